The van der Waals surface area contributed by atoms with Gasteiger partial charge in [-0.2, -0.15) is 0 Å². The maximum Gasteiger partial charge on any atom is 0.264 e. The van der Waals surface area contributed by atoms with Gasteiger partial charge >= 0.3 is 0 Å². The van der Waals surface area contributed by atoms with E-state index < -0.39 is 10.0 Å². The summed E-state index contributed by atoms with van der Waals surface area (Å²) in [5, 5.41) is 0. The van der Waals surface area contributed by atoms with Gasteiger partial charge in [0.1, 0.15) is 14.2 Å². The average Bonchev–Trinajstić information content (AvgIpc) is 2.68. The molecule has 21 heavy (non-hydrogen) atoms. The Bertz CT molecular complexity index is 821. The van der Waals surface area contributed by atoms with Gasteiger partial charge in [0.2, 0.25) is 0 Å². The third-order valence-electron chi connectivity index (χ3n) is 2.41. The van der Waals surface area contributed by atoms with Crippen LogP contribution in [-0.4, -0.2) is 13.4 Å². The number of sulfonamides is 1. The second-order valence-corrected chi connectivity index (χ2v) is 9.14. The minimum Gasteiger partial charge on any atom is -0.389 e. The van der Waals surface area contributed by atoms with Crippen molar-refractivity contribution >= 4 is 83.4 Å². The average molecular weight is 446 g/mol. The molecule has 0 bridgehead atoms. The Morgan fingerprint density at radius 1 is 1.33 bits per heavy atom. The number of hydrogen-bond acceptors (Lipinski definition) is 4. The van der Waals surface area contributed by atoms with Crippen molar-refractivity contribution in [1.29, 1.82) is 0 Å². The van der Waals surface area contributed by atoms with E-state index in [1.165, 1.54) is 6.07 Å². The summed E-state index contributed by atoms with van der Waals surface area (Å²) in [7, 11) is -3.89. The summed E-state index contributed by atoms with van der Waals surface area (Å²) >= 11 is 20.8. The minimum atomic E-state index is -3.89. The number of nitrogens with two attached hydrogens (primary N) is 1. The van der Waals surface area contributed by atoms with Gasteiger partial charge in [0.05, 0.1) is 10.0 Å². The van der Waals surface area contributed by atoms with Crippen LogP contribution in [0.15, 0.2) is 33.6 Å². The number of anilines is 1. The first-order valence-electron chi connectivity index (χ1n) is 5.27. The van der Waals surface area contributed by atoms with Crippen LogP contribution in [0.3, 0.4) is 0 Å². The minimum absolute atomic E-state index is 0.0784. The van der Waals surface area contributed by atoms with E-state index >= 15 is 0 Å². The van der Waals surface area contributed by atoms with Crippen molar-refractivity contribution in [2.75, 3.05) is 4.72 Å². The summed E-state index contributed by atoms with van der Waals surface area (Å²) in [6.07, 6.45) is 0. The normalized spacial score (nSPS) is 11.4. The lowest BCUT2D eigenvalue weighted by Gasteiger charge is -2.12. The highest BCUT2D eigenvalue weighted by Gasteiger charge is 2.22. The van der Waals surface area contributed by atoms with Crippen LogP contribution in [0.4, 0.5) is 5.69 Å². The van der Waals surface area contributed by atoms with Crippen LogP contribution in [0.1, 0.15) is 5.56 Å². The molecule has 0 aliphatic rings. The molecule has 0 saturated heterocycles. The van der Waals surface area contributed by atoms with Gasteiger partial charge in [-0.05, 0) is 24.3 Å². The SMILES string of the molecule is NC(=S)c1ccc(Br)cc1NS(=O)(=O)c1cc(Cl)sc1Cl. The molecule has 0 aliphatic carbocycles. The molecule has 2 rings (SSSR count). The fourth-order valence-corrected chi connectivity index (χ4v) is 5.28. The van der Waals surface area contributed by atoms with Crippen LogP contribution in [0, 0.1) is 0 Å². The third-order valence-corrected chi connectivity index (χ3v) is 6.24. The van der Waals surface area contributed by atoms with Gasteiger partial charge in [0.15, 0.2) is 0 Å². The fourth-order valence-electron chi connectivity index (χ4n) is 1.52. The lowest BCUT2D eigenvalue weighted by Crippen LogP contribution is -2.18. The number of hydrogen-bond donors (Lipinski definition) is 2. The van der Waals surface area contributed by atoms with Gasteiger partial charge < -0.3 is 5.73 Å². The van der Waals surface area contributed by atoms with E-state index in [0.717, 1.165) is 11.3 Å². The number of thiophene rings is 1. The highest BCUT2D eigenvalue weighted by molar-refractivity contribution is 9.10. The second kappa shape index (κ2) is 6.39. The first kappa shape index (κ1) is 17.0. The summed E-state index contributed by atoms with van der Waals surface area (Å²) < 4.78 is 28.2. The largest absolute Gasteiger partial charge is 0.389 e. The Morgan fingerprint density at radius 2 is 2.00 bits per heavy atom. The summed E-state index contributed by atoms with van der Waals surface area (Å²) in [6.45, 7) is 0. The van der Waals surface area contributed by atoms with Gasteiger partial charge in [-0.25, -0.2) is 8.42 Å². The molecule has 4 nitrogen and oxygen atoms in total. The summed E-state index contributed by atoms with van der Waals surface area (Å²) in [5.74, 6) is 0. The Morgan fingerprint density at radius 3 is 2.52 bits per heavy atom. The van der Waals surface area contributed by atoms with Crippen LogP contribution < -0.4 is 10.5 Å². The standard InChI is InChI=1S/C11H7BrCl2N2O2S3/c12-5-1-2-6(11(15)19)7(3-5)16-21(17,18)8-4-9(13)20-10(8)14/h1-4,16H,(H2,15,19). The number of nitrogens with one attached hydrogen (secondary N) is 1. The van der Waals surface area contributed by atoms with Gasteiger partial charge in [-0.1, -0.05) is 51.3 Å². The van der Waals surface area contributed by atoms with E-state index in [1.807, 2.05) is 0 Å². The van der Waals surface area contributed by atoms with Crippen LogP contribution >= 0.6 is 62.7 Å². The first-order valence-corrected chi connectivity index (χ1v) is 9.53. The first-order chi connectivity index (χ1) is 9.70. The van der Waals surface area contributed by atoms with Crippen LogP contribution in [0.2, 0.25) is 8.67 Å². The van der Waals surface area contributed by atoms with Crippen LogP contribution in [0.5, 0.6) is 0 Å². The molecule has 1 heterocycles. The van der Waals surface area contributed by atoms with Gasteiger partial charge in [0.25, 0.3) is 10.0 Å². The second-order valence-electron chi connectivity index (χ2n) is 3.85. The molecule has 0 radical (unpaired) electrons. The van der Waals surface area contributed by atoms with E-state index in [1.54, 1.807) is 18.2 Å². The smallest absolute Gasteiger partial charge is 0.264 e. The molecule has 10 heteroatoms. The van der Waals surface area contributed by atoms with Gasteiger partial charge in [0, 0.05) is 10.0 Å². The molecule has 0 aliphatic heterocycles. The zero-order valence-electron chi connectivity index (χ0n) is 10.1. The molecule has 0 amide bonds. The Hall–Kier alpha value is -0.380. The molecule has 3 N–H and O–H groups in total. The molecule has 0 unspecified atom stereocenters. The Kier molecular flexibility index (Phi) is 5.17. The monoisotopic (exact) mass is 444 g/mol. The fraction of sp³-hybridized carbons (Fsp3) is 0. The molecule has 2 aromatic rings. The van der Waals surface area contributed by atoms with Crippen LogP contribution in [-0.2, 0) is 10.0 Å². The van der Waals surface area contributed by atoms with Crippen molar-refractivity contribution in [3.63, 3.8) is 0 Å². The van der Waals surface area contributed by atoms with Crippen molar-refractivity contribution in [1.82, 2.24) is 0 Å². The van der Waals surface area contributed by atoms with E-state index in [9.17, 15) is 8.42 Å². The van der Waals surface area contributed by atoms with E-state index in [4.69, 9.17) is 41.2 Å². The molecule has 0 atom stereocenters. The molecular formula is C11H7BrCl2N2O2S3. The van der Waals surface area contributed by atoms with E-state index in [0.29, 0.717) is 10.0 Å². The third kappa shape index (κ3) is 3.88. The topological polar surface area (TPSA) is 72.2 Å². The molecule has 112 valence electrons. The molecule has 0 saturated carbocycles. The number of thiocarbonyl (C=S) groups is 1. The summed E-state index contributed by atoms with van der Waals surface area (Å²) in [4.78, 5) is -0.0114. The van der Waals surface area contributed by atoms with Crippen molar-refractivity contribution in [2.45, 2.75) is 4.90 Å². The summed E-state index contributed by atoms with van der Waals surface area (Å²) in [5.41, 5.74) is 6.26. The van der Waals surface area contributed by atoms with Crippen molar-refractivity contribution in [2.24, 2.45) is 5.73 Å². The molecule has 1 aromatic heterocycles. The van der Waals surface area contributed by atoms with Crippen molar-refractivity contribution in [3.05, 3.63) is 43.0 Å². The number of benzene rings is 1. The maximum atomic E-state index is 12.4. The number of halogens is 3. The molecule has 0 fully saturated rings. The Labute approximate surface area is 149 Å². The number of rotatable bonds is 4. The van der Waals surface area contributed by atoms with Gasteiger partial charge in [-0.3, -0.25) is 4.72 Å². The quantitative estimate of drug-likeness (QED) is 0.689. The highest BCUT2D eigenvalue weighted by atomic mass is 79.9. The summed E-state index contributed by atoms with van der Waals surface area (Å²) in [6, 6.07) is 6.18. The maximum absolute atomic E-state index is 12.4. The van der Waals surface area contributed by atoms with E-state index in [2.05, 4.69) is 20.7 Å². The predicted octanol–water partition coefficient (Wildman–Crippen LogP) is 4.25. The van der Waals surface area contributed by atoms with E-state index in [-0.39, 0.29) is 24.2 Å². The highest BCUT2D eigenvalue weighted by Crippen LogP contribution is 2.35. The zero-order chi connectivity index (χ0) is 15.8. The lowest BCUT2D eigenvalue weighted by molar-refractivity contribution is 0.601. The molecular weight excluding hydrogens is 439 g/mol. The van der Waals surface area contributed by atoms with Crippen molar-refractivity contribution in [3.8, 4) is 0 Å². The lowest BCUT2D eigenvalue weighted by atomic mass is 10.2. The van der Waals surface area contributed by atoms with Gasteiger partial charge in [-0.15, -0.1) is 11.3 Å². The Balaban J connectivity index is 2.48. The van der Waals surface area contributed by atoms with Crippen molar-refractivity contribution < 1.29 is 8.42 Å². The molecule has 0 spiro atoms. The molecule has 1 aromatic carbocycles. The predicted molar refractivity (Wildman–Crippen MR) is 95.2 cm³/mol. The zero-order valence-corrected chi connectivity index (χ0v) is 15.6. The van der Waals surface area contributed by atoms with Crippen LogP contribution in [0.25, 0.3) is 0 Å².